The van der Waals surface area contributed by atoms with Crippen molar-refractivity contribution < 1.29 is 23.1 Å². The Balaban J connectivity index is 1.57. The van der Waals surface area contributed by atoms with Crippen LogP contribution < -0.4 is 10.6 Å². The number of alkyl halides is 3. The van der Waals surface area contributed by atoms with E-state index < -0.39 is 23.0 Å². The summed E-state index contributed by atoms with van der Waals surface area (Å²) < 4.78 is 38.6. The molecule has 2 bridgehead atoms. The van der Waals surface area contributed by atoms with Gasteiger partial charge in [0, 0.05) is 0 Å². The summed E-state index contributed by atoms with van der Waals surface area (Å²) in [7, 11) is 0. The number of amides is 1. The lowest BCUT2D eigenvalue weighted by Crippen LogP contribution is -2.75. The molecule has 4 rings (SSSR count). The molecule has 120 valence electrons. The van der Waals surface area contributed by atoms with Gasteiger partial charge in [0.15, 0.2) is 0 Å². The molecule has 0 spiro atoms. The van der Waals surface area contributed by atoms with Crippen LogP contribution in [0.3, 0.4) is 0 Å². The van der Waals surface area contributed by atoms with Gasteiger partial charge in [-0.2, -0.15) is 13.2 Å². The van der Waals surface area contributed by atoms with Gasteiger partial charge in [0.25, 0.3) is 0 Å². The lowest BCUT2D eigenvalue weighted by Gasteiger charge is -2.72. The molecule has 3 saturated carbocycles. The average Bonchev–Trinajstić information content (AvgIpc) is 2.68. The van der Waals surface area contributed by atoms with Crippen molar-refractivity contribution in [2.24, 2.45) is 16.7 Å². The van der Waals surface area contributed by atoms with Crippen molar-refractivity contribution in [1.29, 1.82) is 0 Å². The summed E-state index contributed by atoms with van der Waals surface area (Å²) in [5.74, 6) is 0.209. The highest BCUT2D eigenvalue weighted by Gasteiger charge is 2.80. The van der Waals surface area contributed by atoms with E-state index in [1.807, 2.05) is 6.92 Å². The van der Waals surface area contributed by atoms with E-state index in [0.29, 0.717) is 5.92 Å². The molecule has 3 N–H and O–H groups in total. The Labute approximate surface area is 121 Å². The first-order valence-corrected chi connectivity index (χ1v) is 7.43. The number of hydrogen-bond donors (Lipinski definition) is 3. The third-order valence-electron chi connectivity index (χ3n) is 5.58. The molecule has 1 saturated heterocycles. The number of halogens is 3. The molecule has 0 aromatic rings. The normalized spacial score (nSPS) is 42.9. The van der Waals surface area contributed by atoms with Crippen LogP contribution in [0.4, 0.5) is 13.2 Å². The maximum atomic E-state index is 12.9. The van der Waals surface area contributed by atoms with Crippen LogP contribution in [0, 0.1) is 16.7 Å². The van der Waals surface area contributed by atoms with Crippen LogP contribution in [0.25, 0.3) is 0 Å². The molecule has 4 fully saturated rings. The van der Waals surface area contributed by atoms with E-state index in [-0.39, 0.29) is 37.8 Å². The number of hydrogen-bond acceptors (Lipinski definition) is 3. The van der Waals surface area contributed by atoms with Gasteiger partial charge in [-0.15, -0.1) is 0 Å². The fourth-order valence-corrected chi connectivity index (χ4v) is 4.31. The number of aliphatic hydroxyl groups is 1. The summed E-state index contributed by atoms with van der Waals surface area (Å²) in [6.07, 6.45) is -3.35. The first-order chi connectivity index (χ1) is 9.71. The maximum Gasteiger partial charge on any atom is 0.394 e. The van der Waals surface area contributed by atoms with Crippen LogP contribution in [0.1, 0.15) is 32.6 Å². The van der Waals surface area contributed by atoms with Gasteiger partial charge in [0.2, 0.25) is 5.91 Å². The zero-order chi connectivity index (χ0) is 15.5. The van der Waals surface area contributed by atoms with Crippen LogP contribution in [-0.2, 0) is 4.79 Å². The Morgan fingerprint density at radius 2 is 2.05 bits per heavy atom. The highest BCUT2D eigenvalue weighted by Crippen LogP contribution is 2.79. The van der Waals surface area contributed by atoms with Crippen molar-refractivity contribution in [2.75, 3.05) is 13.2 Å². The van der Waals surface area contributed by atoms with Crippen LogP contribution in [-0.4, -0.2) is 42.4 Å². The van der Waals surface area contributed by atoms with Crippen LogP contribution in [0.15, 0.2) is 0 Å². The molecule has 1 heterocycles. The summed E-state index contributed by atoms with van der Waals surface area (Å²) in [5.41, 5.74) is -2.10. The Morgan fingerprint density at radius 3 is 2.48 bits per heavy atom. The van der Waals surface area contributed by atoms with E-state index in [1.165, 1.54) is 0 Å². The molecule has 4 aliphatic rings. The zero-order valence-electron chi connectivity index (χ0n) is 12.0. The van der Waals surface area contributed by atoms with Crippen molar-refractivity contribution >= 4 is 5.91 Å². The quantitative estimate of drug-likeness (QED) is 0.731. The van der Waals surface area contributed by atoms with Gasteiger partial charge >= 0.3 is 6.18 Å². The van der Waals surface area contributed by atoms with Crippen LogP contribution in [0.5, 0.6) is 0 Å². The van der Waals surface area contributed by atoms with Crippen LogP contribution >= 0.6 is 0 Å². The molecule has 4 nitrogen and oxygen atoms in total. The largest absolute Gasteiger partial charge is 0.394 e. The monoisotopic (exact) mass is 306 g/mol. The molecule has 3 aliphatic carbocycles. The fraction of sp³-hybridized carbons (Fsp3) is 0.929. The molecule has 0 radical (unpaired) electrons. The van der Waals surface area contributed by atoms with E-state index in [9.17, 15) is 23.1 Å². The van der Waals surface area contributed by atoms with Crippen molar-refractivity contribution in [3.05, 3.63) is 0 Å². The molecule has 0 aromatic carbocycles. The maximum absolute atomic E-state index is 12.9. The fourth-order valence-electron chi connectivity index (χ4n) is 4.31. The second-order valence-corrected chi connectivity index (χ2v) is 7.22. The van der Waals surface area contributed by atoms with Gasteiger partial charge < -0.3 is 15.7 Å². The first-order valence-electron chi connectivity index (χ1n) is 7.43. The first kappa shape index (κ1) is 15.1. The molecule has 7 heteroatoms. The van der Waals surface area contributed by atoms with Gasteiger partial charge in [0.05, 0.1) is 24.1 Å². The topological polar surface area (TPSA) is 61.4 Å². The van der Waals surface area contributed by atoms with E-state index >= 15 is 0 Å². The Morgan fingerprint density at radius 1 is 1.43 bits per heavy atom. The second-order valence-electron chi connectivity index (χ2n) is 7.22. The molecule has 1 aliphatic heterocycles. The van der Waals surface area contributed by atoms with E-state index in [4.69, 9.17) is 0 Å². The summed E-state index contributed by atoms with van der Waals surface area (Å²) in [5, 5.41) is 15.3. The van der Waals surface area contributed by atoms with Crippen LogP contribution in [0.2, 0.25) is 0 Å². The third-order valence-corrected chi connectivity index (χ3v) is 5.58. The Bertz CT molecular complexity index is 432. The molecule has 0 unspecified atom stereocenters. The smallest absolute Gasteiger partial charge is 0.394 e. The van der Waals surface area contributed by atoms with Crippen molar-refractivity contribution in [1.82, 2.24) is 10.6 Å². The summed E-state index contributed by atoms with van der Waals surface area (Å²) in [4.78, 5) is 12.1. The van der Waals surface area contributed by atoms with Gasteiger partial charge in [-0.25, -0.2) is 0 Å². The summed E-state index contributed by atoms with van der Waals surface area (Å²) >= 11 is 0. The molecular formula is C14H21F3N2O2. The van der Waals surface area contributed by atoms with Gasteiger partial charge in [0.1, 0.15) is 0 Å². The number of rotatable bonds is 4. The SMILES string of the molecule is C[C@H]1CN[C@H](C(=O)N[C@H](CO)C23CC(C(F)(F)F)(C2)C3)C1. The lowest BCUT2D eigenvalue weighted by molar-refractivity contribution is -0.370. The summed E-state index contributed by atoms with van der Waals surface area (Å²) in [6.45, 7) is 2.50. The Hall–Kier alpha value is -0.820. The minimum Gasteiger partial charge on any atom is -0.394 e. The van der Waals surface area contributed by atoms with Crippen molar-refractivity contribution in [3.63, 3.8) is 0 Å². The molecule has 1 amide bonds. The van der Waals surface area contributed by atoms with E-state index in [1.54, 1.807) is 0 Å². The second kappa shape index (κ2) is 4.59. The third kappa shape index (κ3) is 2.16. The van der Waals surface area contributed by atoms with Crippen molar-refractivity contribution in [2.45, 2.75) is 50.9 Å². The number of carbonyl (C=O) groups is 1. The van der Waals surface area contributed by atoms with E-state index in [0.717, 1.165) is 13.0 Å². The minimum absolute atomic E-state index is 0.0313. The molecule has 21 heavy (non-hydrogen) atoms. The number of carbonyl (C=O) groups excluding carboxylic acids is 1. The highest BCUT2D eigenvalue weighted by atomic mass is 19.4. The van der Waals surface area contributed by atoms with Gasteiger partial charge in [-0.3, -0.25) is 4.79 Å². The standard InChI is InChI=1S/C14H21F3N2O2/c1-8-2-9(18-3-8)11(21)19-10(4-20)12-5-13(6-12,7-12)14(15,16)17/h8-10,18,20H,2-7H2,1H3,(H,19,21)/t8-,9+,10-,12?,13?/m1/s1. The average molecular weight is 306 g/mol. The minimum atomic E-state index is -4.17. The lowest BCUT2D eigenvalue weighted by atomic mass is 9.33. The highest BCUT2D eigenvalue weighted by molar-refractivity contribution is 5.82. The summed E-state index contributed by atoms with van der Waals surface area (Å²) in [6, 6.07) is -0.857. The zero-order valence-corrected chi connectivity index (χ0v) is 12.0. The number of nitrogens with one attached hydrogen (secondary N) is 2. The number of aliphatic hydroxyl groups excluding tert-OH is 1. The predicted octanol–water partition coefficient (Wildman–Crippen LogP) is 1.19. The van der Waals surface area contributed by atoms with Crippen molar-refractivity contribution in [3.8, 4) is 0 Å². The molecule has 0 aromatic heterocycles. The van der Waals surface area contributed by atoms with Gasteiger partial charge in [-0.05, 0) is 43.6 Å². The van der Waals surface area contributed by atoms with Gasteiger partial charge in [-0.1, -0.05) is 6.92 Å². The molecular weight excluding hydrogens is 285 g/mol. The Kier molecular flexibility index (Phi) is 3.30. The van der Waals surface area contributed by atoms with E-state index in [2.05, 4.69) is 10.6 Å². The predicted molar refractivity (Wildman–Crippen MR) is 69.4 cm³/mol. The molecule has 3 atom stereocenters.